The van der Waals surface area contributed by atoms with Crippen LogP contribution in [0.4, 0.5) is 13.2 Å². The van der Waals surface area contributed by atoms with Crippen molar-refractivity contribution in [3.05, 3.63) is 34.9 Å². The number of carbonyl (C=O) groups is 1. The fourth-order valence-electron chi connectivity index (χ4n) is 2.28. The lowest BCUT2D eigenvalue weighted by Gasteiger charge is -2.18. The smallest absolute Gasteiger partial charge is 0.345 e. The molecule has 1 aromatic carbocycles. The zero-order valence-electron chi connectivity index (χ0n) is 11.0. The third kappa shape index (κ3) is 3.66. The van der Waals surface area contributed by atoms with Crippen molar-refractivity contribution in [1.82, 2.24) is 4.90 Å². The first-order valence-corrected chi connectivity index (χ1v) is 6.73. The van der Waals surface area contributed by atoms with Crippen molar-refractivity contribution < 1.29 is 18.0 Å². The van der Waals surface area contributed by atoms with E-state index < -0.39 is 12.6 Å². The van der Waals surface area contributed by atoms with Gasteiger partial charge in [0, 0.05) is 24.5 Å². The maximum absolute atomic E-state index is 12.1. The van der Waals surface area contributed by atoms with Crippen molar-refractivity contribution in [1.29, 1.82) is 0 Å². The number of hydrogen-bond donors (Lipinski definition) is 0. The number of hydrogen-bond acceptors (Lipinski definition) is 1. The lowest BCUT2D eigenvalue weighted by atomic mass is 10.1. The number of rotatable bonds is 4. The number of alkyl halides is 3. The lowest BCUT2D eigenvalue weighted by Crippen LogP contribution is -2.32. The second-order valence-corrected chi connectivity index (χ2v) is 5.50. The summed E-state index contributed by atoms with van der Waals surface area (Å²) in [4.78, 5) is 13.2. The second-order valence-electron chi connectivity index (χ2n) is 5.10. The van der Waals surface area contributed by atoms with Gasteiger partial charge in [0.2, 0.25) is 5.91 Å². The molecule has 0 radical (unpaired) electrons. The largest absolute Gasteiger partial charge is 0.390 e. The number of benzene rings is 1. The Morgan fingerprint density at radius 3 is 2.65 bits per heavy atom. The summed E-state index contributed by atoms with van der Waals surface area (Å²) in [5.41, 5.74) is 0.900. The van der Waals surface area contributed by atoms with Gasteiger partial charge in [0.25, 0.3) is 0 Å². The molecule has 0 spiro atoms. The van der Waals surface area contributed by atoms with Gasteiger partial charge in [0.1, 0.15) is 0 Å². The van der Waals surface area contributed by atoms with Gasteiger partial charge in [0.15, 0.2) is 0 Å². The molecule has 110 valence electrons. The summed E-state index contributed by atoms with van der Waals surface area (Å²) in [7, 11) is 1.41. The van der Waals surface area contributed by atoms with E-state index >= 15 is 0 Å². The van der Waals surface area contributed by atoms with Crippen molar-refractivity contribution in [2.24, 2.45) is 5.92 Å². The SMILES string of the molecule is CN(CCC(F)(F)F)C(=O)C1CC1c1ccccc1Cl. The van der Waals surface area contributed by atoms with Crippen LogP contribution in [0.3, 0.4) is 0 Å². The van der Waals surface area contributed by atoms with Gasteiger partial charge in [-0.1, -0.05) is 29.8 Å². The van der Waals surface area contributed by atoms with Crippen LogP contribution in [-0.2, 0) is 4.79 Å². The van der Waals surface area contributed by atoms with Crippen LogP contribution in [0.5, 0.6) is 0 Å². The molecule has 1 aliphatic carbocycles. The van der Waals surface area contributed by atoms with Crippen molar-refractivity contribution in [3.8, 4) is 0 Å². The van der Waals surface area contributed by atoms with Gasteiger partial charge >= 0.3 is 6.18 Å². The highest BCUT2D eigenvalue weighted by Crippen LogP contribution is 2.50. The van der Waals surface area contributed by atoms with Crippen molar-refractivity contribution in [2.45, 2.75) is 24.9 Å². The van der Waals surface area contributed by atoms with E-state index in [0.717, 1.165) is 10.5 Å². The molecule has 1 fully saturated rings. The Kier molecular flexibility index (Phi) is 4.28. The molecule has 0 bridgehead atoms. The molecule has 1 aromatic rings. The van der Waals surface area contributed by atoms with Gasteiger partial charge < -0.3 is 4.90 Å². The first-order valence-electron chi connectivity index (χ1n) is 6.36. The summed E-state index contributed by atoms with van der Waals surface area (Å²) < 4.78 is 36.4. The predicted octanol–water partition coefficient (Wildman–Crippen LogP) is 3.85. The molecule has 2 nitrogen and oxygen atoms in total. The van der Waals surface area contributed by atoms with E-state index in [1.165, 1.54) is 7.05 Å². The summed E-state index contributed by atoms with van der Waals surface area (Å²) in [6.07, 6.45) is -4.56. The topological polar surface area (TPSA) is 20.3 Å². The molecule has 0 heterocycles. The van der Waals surface area contributed by atoms with E-state index in [1.54, 1.807) is 12.1 Å². The minimum absolute atomic E-state index is 0.0320. The second kappa shape index (κ2) is 5.64. The predicted molar refractivity (Wildman–Crippen MR) is 70.6 cm³/mol. The standard InChI is InChI=1S/C14H15ClF3NO/c1-19(7-6-14(16,17)18)13(20)11-8-10(11)9-4-2-3-5-12(9)15/h2-5,10-11H,6-8H2,1H3. The Bertz CT molecular complexity index is 503. The molecule has 2 rings (SSSR count). The average molecular weight is 306 g/mol. The zero-order chi connectivity index (χ0) is 14.9. The Labute approximate surface area is 120 Å². The molecule has 0 N–H and O–H groups in total. The number of amides is 1. The summed E-state index contributed by atoms with van der Waals surface area (Å²) in [5.74, 6) is -0.447. The van der Waals surface area contributed by atoms with E-state index in [1.807, 2.05) is 12.1 Å². The van der Waals surface area contributed by atoms with Gasteiger partial charge in [-0.3, -0.25) is 4.79 Å². The molecule has 1 saturated carbocycles. The van der Waals surface area contributed by atoms with Gasteiger partial charge in [-0.25, -0.2) is 0 Å². The molecule has 1 aliphatic rings. The van der Waals surface area contributed by atoms with Gasteiger partial charge in [0.05, 0.1) is 6.42 Å². The molecule has 0 aliphatic heterocycles. The summed E-state index contributed by atoms with van der Waals surface area (Å²) in [6, 6.07) is 7.26. The highest BCUT2D eigenvalue weighted by molar-refractivity contribution is 6.31. The third-order valence-electron chi connectivity index (χ3n) is 3.52. The zero-order valence-corrected chi connectivity index (χ0v) is 11.7. The average Bonchev–Trinajstić information content (AvgIpc) is 3.15. The molecule has 0 aromatic heterocycles. The Morgan fingerprint density at radius 2 is 2.05 bits per heavy atom. The van der Waals surface area contributed by atoms with E-state index in [4.69, 9.17) is 11.6 Å². The normalized spacial score (nSPS) is 21.6. The van der Waals surface area contributed by atoms with Crippen LogP contribution in [0.1, 0.15) is 24.3 Å². The molecule has 20 heavy (non-hydrogen) atoms. The highest BCUT2D eigenvalue weighted by atomic mass is 35.5. The summed E-state index contributed by atoms with van der Waals surface area (Å²) in [5, 5.41) is 0.603. The summed E-state index contributed by atoms with van der Waals surface area (Å²) >= 11 is 6.06. The van der Waals surface area contributed by atoms with Crippen LogP contribution < -0.4 is 0 Å². The maximum atomic E-state index is 12.1. The number of carbonyl (C=O) groups excluding carboxylic acids is 1. The third-order valence-corrected chi connectivity index (χ3v) is 3.86. The molecule has 0 saturated heterocycles. The molecular weight excluding hydrogens is 291 g/mol. The van der Waals surface area contributed by atoms with Crippen molar-refractivity contribution in [2.75, 3.05) is 13.6 Å². The Balaban J connectivity index is 1.91. The minimum Gasteiger partial charge on any atom is -0.345 e. The molecule has 2 atom stereocenters. The van der Waals surface area contributed by atoms with Crippen LogP contribution >= 0.6 is 11.6 Å². The van der Waals surface area contributed by atoms with E-state index in [0.29, 0.717) is 11.4 Å². The minimum atomic E-state index is -4.24. The van der Waals surface area contributed by atoms with Gasteiger partial charge in [-0.15, -0.1) is 0 Å². The highest BCUT2D eigenvalue weighted by Gasteiger charge is 2.46. The van der Waals surface area contributed by atoms with Crippen LogP contribution in [0.15, 0.2) is 24.3 Å². The molecule has 1 amide bonds. The molecule has 6 heteroatoms. The Morgan fingerprint density at radius 1 is 1.40 bits per heavy atom. The van der Waals surface area contributed by atoms with E-state index in [-0.39, 0.29) is 24.3 Å². The molecular formula is C14H15ClF3NO. The monoisotopic (exact) mass is 305 g/mol. The fraction of sp³-hybridized carbons (Fsp3) is 0.500. The molecule has 2 unspecified atom stereocenters. The first kappa shape index (κ1) is 15.2. The lowest BCUT2D eigenvalue weighted by molar-refractivity contribution is -0.144. The van der Waals surface area contributed by atoms with Crippen LogP contribution in [-0.4, -0.2) is 30.6 Å². The van der Waals surface area contributed by atoms with Gasteiger partial charge in [-0.05, 0) is 24.0 Å². The van der Waals surface area contributed by atoms with Crippen molar-refractivity contribution >= 4 is 17.5 Å². The first-order chi connectivity index (χ1) is 9.29. The van der Waals surface area contributed by atoms with Gasteiger partial charge in [-0.2, -0.15) is 13.2 Å². The summed E-state index contributed by atoms with van der Waals surface area (Å²) in [6.45, 7) is -0.298. The van der Waals surface area contributed by atoms with Crippen molar-refractivity contribution in [3.63, 3.8) is 0 Å². The quantitative estimate of drug-likeness (QED) is 0.827. The number of nitrogens with zero attached hydrogens (tertiary/aromatic N) is 1. The number of halogens is 4. The fourth-order valence-corrected chi connectivity index (χ4v) is 2.55. The van der Waals surface area contributed by atoms with E-state index in [9.17, 15) is 18.0 Å². The van der Waals surface area contributed by atoms with Crippen LogP contribution in [0.25, 0.3) is 0 Å². The van der Waals surface area contributed by atoms with E-state index in [2.05, 4.69) is 0 Å². The van der Waals surface area contributed by atoms with Crippen LogP contribution in [0, 0.1) is 5.92 Å². The Hall–Kier alpha value is -1.23. The van der Waals surface area contributed by atoms with Crippen LogP contribution in [0.2, 0.25) is 5.02 Å². The maximum Gasteiger partial charge on any atom is 0.390 e.